The molecule has 0 N–H and O–H groups in total. The van der Waals surface area contributed by atoms with Crippen LogP contribution >= 0.6 is 0 Å². The Morgan fingerprint density at radius 1 is 0.185 bits per heavy atom. The fraction of sp³-hybridized carbons (Fsp3) is 0. The largest absolute Gasteiger partial charge is 0.0622 e. The number of rotatable bonds is 6. The zero-order chi connectivity index (χ0) is 35.8. The predicted octanol–water partition coefficient (Wildman–Crippen LogP) is 15.1. The first kappa shape index (κ1) is 31.7. The smallest absolute Gasteiger partial charge is 0.00199 e. The average Bonchev–Trinajstić information content (AvgIpc) is 3.26. The second-order valence-corrected chi connectivity index (χ2v) is 14.1. The van der Waals surface area contributed by atoms with Gasteiger partial charge in [-0.2, -0.15) is 0 Å². The van der Waals surface area contributed by atoms with Crippen molar-refractivity contribution >= 4 is 32.3 Å². The molecule has 10 rings (SSSR count). The van der Waals surface area contributed by atoms with Crippen LogP contribution in [-0.2, 0) is 0 Å². The molecule has 252 valence electrons. The third-order valence-electron chi connectivity index (χ3n) is 10.8. The third-order valence-corrected chi connectivity index (χ3v) is 10.8. The van der Waals surface area contributed by atoms with Crippen molar-refractivity contribution < 1.29 is 0 Å². The lowest BCUT2D eigenvalue weighted by atomic mass is 9.82. The van der Waals surface area contributed by atoms with E-state index in [1.807, 2.05) is 0 Å². The van der Waals surface area contributed by atoms with Crippen molar-refractivity contribution in [3.63, 3.8) is 0 Å². The number of hydrogen-bond acceptors (Lipinski definition) is 0. The monoisotopic (exact) mass is 684 g/mol. The van der Waals surface area contributed by atoms with Crippen LogP contribution in [0, 0.1) is 0 Å². The summed E-state index contributed by atoms with van der Waals surface area (Å²) in [7, 11) is 0. The summed E-state index contributed by atoms with van der Waals surface area (Å²) in [6.45, 7) is 0. The first-order valence-electron chi connectivity index (χ1n) is 18.7. The van der Waals surface area contributed by atoms with Gasteiger partial charge in [-0.05, 0) is 123 Å². The fourth-order valence-electron chi connectivity index (χ4n) is 8.26. The maximum Gasteiger partial charge on any atom is -0.00199 e. The lowest BCUT2D eigenvalue weighted by molar-refractivity contribution is 1.56. The van der Waals surface area contributed by atoms with Crippen LogP contribution in [0.3, 0.4) is 0 Å². The maximum atomic E-state index is 2.43. The Morgan fingerprint density at radius 2 is 0.611 bits per heavy atom. The van der Waals surface area contributed by atoms with E-state index in [0.717, 1.165) is 0 Å². The molecule has 0 heterocycles. The minimum Gasteiger partial charge on any atom is -0.0622 e. The Morgan fingerprint density at radius 3 is 1.26 bits per heavy atom. The van der Waals surface area contributed by atoms with E-state index in [1.54, 1.807) is 0 Å². The highest BCUT2D eigenvalue weighted by atomic mass is 14.2. The minimum atomic E-state index is 1.19. The molecule has 0 bridgehead atoms. The SMILES string of the molecule is c1ccc(-c2cccc(-c3ccc(-c4cccc(-c5ccc6ccccc6c5)c4)cc3-c3c4ccccc4c(-c4ccccc4)c4ccccc34)c2)cc1. The van der Waals surface area contributed by atoms with Gasteiger partial charge in [0.05, 0.1) is 0 Å². The van der Waals surface area contributed by atoms with Crippen LogP contribution < -0.4 is 0 Å². The zero-order valence-corrected chi connectivity index (χ0v) is 29.8. The van der Waals surface area contributed by atoms with Crippen LogP contribution in [0.1, 0.15) is 0 Å². The van der Waals surface area contributed by atoms with E-state index in [0.29, 0.717) is 0 Å². The van der Waals surface area contributed by atoms with Gasteiger partial charge in [0.2, 0.25) is 0 Å². The van der Waals surface area contributed by atoms with Crippen LogP contribution in [0.25, 0.3) is 99.1 Å². The molecule has 0 fully saturated rings. The summed E-state index contributed by atoms with van der Waals surface area (Å²) in [6.07, 6.45) is 0. The van der Waals surface area contributed by atoms with Crippen LogP contribution in [0.2, 0.25) is 0 Å². The minimum absolute atomic E-state index is 1.19. The van der Waals surface area contributed by atoms with E-state index in [9.17, 15) is 0 Å². The molecule has 10 aromatic rings. The molecule has 10 aromatic carbocycles. The average molecular weight is 685 g/mol. The van der Waals surface area contributed by atoms with Gasteiger partial charge in [-0.15, -0.1) is 0 Å². The summed E-state index contributed by atoms with van der Waals surface area (Å²) >= 11 is 0. The Labute approximate surface area is 316 Å². The Balaban J connectivity index is 1.23. The standard InChI is InChI=1S/C54H36/c1-3-15-37(16-4-1)41-21-14-24-46(35-41)47-32-31-45(43-23-13-22-42(34-43)44-30-29-38-17-7-8-20-40(38)33-44)36-52(47)54-50-27-11-9-25-48(50)53(39-18-5-2-6-19-39)49-26-10-12-28-51(49)54/h1-36H. The highest BCUT2D eigenvalue weighted by Crippen LogP contribution is 2.47. The number of benzene rings is 10. The van der Waals surface area contributed by atoms with Gasteiger partial charge < -0.3 is 0 Å². The van der Waals surface area contributed by atoms with Crippen molar-refractivity contribution in [2.45, 2.75) is 0 Å². The molecule has 0 amide bonds. The lowest BCUT2D eigenvalue weighted by Crippen LogP contribution is -1.94. The molecular weight excluding hydrogens is 649 g/mol. The zero-order valence-electron chi connectivity index (χ0n) is 29.8. The predicted molar refractivity (Wildman–Crippen MR) is 232 cm³/mol. The molecule has 0 unspecified atom stereocenters. The van der Waals surface area contributed by atoms with E-state index in [1.165, 1.54) is 99.1 Å². The molecule has 0 aliphatic rings. The van der Waals surface area contributed by atoms with Gasteiger partial charge in [-0.3, -0.25) is 0 Å². The van der Waals surface area contributed by atoms with E-state index in [4.69, 9.17) is 0 Å². The van der Waals surface area contributed by atoms with E-state index < -0.39 is 0 Å². The normalized spacial score (nSPS) is 11.3. The molecule has 0 radical (unpaired) electrons. The summed E-state index contributed by atoms with van der Waals surface area (Å²) in [6, 6.07) is 79.9. The molecule has 0 heteroatoms. The van der Waals surface area contributed by atoms with Crippen LogP contribution in [-0.4, -0.2) is 0 Å². The number of fused-ring (bicyclic) bond motifs is 3. The Bertz CT molecular complexity index is 2910. The molecule has 0 saturated heterocycles. The fourth-order valence-corrected chi connectivity index (χ4v) is 8.26. The molecule has 0 spiro atoms. The van der Waals surface area contributed by atoms with Gasteiger partial charge in [0.25, 0.3) is 0 Å². The molecule has 0 saturated carbocycles. The summed E-state index contributed by atoms with van der Waals surface area (Å²) in [5, 5.41) is 7.51. The molecule has 0 nitrogen and oxygen atoms in total. The second-order valence-electron chi connectivity index (χ2n) is 14.1. The van der Waals surface area contributed by atoms with Crippen molar-refractivity contribution in [3.8, 4) is 66.8 Å². The third kappa shape index (κ3) is 5.66. The Hall–Kier alpha value is -7.02. The highest BCUT2D eigenvalue weighted by molar-refractivity contribution is 6.22. The molecule has 54 heavy (non-hydrogen) atoms. The van der Waals surface area contributed by atoms with Crippen molar-refractivity contribution in [1.82, 2.24) is 0 Å². The summed E-state index contributed by atoms with van der Waals surface area (Å²) in [5.41, 5.74) is 14.6. The van der Waals surface area contributed by atoms with Crippen molar-refractivity contribution in [2.24, 2.45) is 0 Å². The van der Waals surface area contributed by atoms with E-state index in [-0.39, 0.29) is 0 Å². The first-order valence-corrected chi connectivity index (χ1v) is 18.7. The van der Waals surface area contributed by atoms with Crippen molar-refractivity contribution in [2.75, 3.05) is 0 Å². The molecule has 0 atom stereocenters. The van der Waals surface area contributed by atoms with Gasteiger partial charge in [-0.25, -0.2) is 0 Å². The Kier molecular flexibility index (Phi) is 7.93. The van der Waals surface area contributed by atoms with Crippen molar-refractivity contribution in [3.05, 3.63) is 218 Å². The van der Waals surface area contributed by atoms with Gasteiger partial charge >= 0.3 is 0 Å². The second kappa shape index (κ2) is 13.5. The summed E-state index contributed by atoms with van der Waals surface area (Å²) < 4.78 is 0. The highest BCUT2D eigenvalue weighted by Gasteiger charge is 2.20. The first-order chi connectivity index (χ1) is 26.8. The molecule has 0 aromatic heterocycles. The lowest BCUT2D eigenvalue weighted by Gasteiger charge is -2.21. The van der Waals surface area contributed by atoms with Crippen molar-refractivity contribution in [1.29, 1.82) is 0 Å². The maximum absolute atomic E-state index is 2.43. The van der Waals surface area contributed by atoms with Gasteiger partial charge in [0.15, 0.2) is 0 Å². The van der Waals surface area contributed by atoms with Crippen LogP contribution in [0.15, 0.2) is 218 Å². The quantitative estimate of drug-likeness (QED) is 0.153. The van der Waals surface area contributed by atoms with E-state index in [2.05, 4.69) is 218 Å². The van der Waals surface area contributed by atoms with Gasteiger partial charge in [0.1, 0.15) is 0 Å². The van der Waals surface area contributed by atoms with Gasteiger partial charge in [0, 0.05) is 0 Å². The van der Waals surface area contributed by atoms with Crippen LogP contribution in [0.5, 0.6) is 0 Å². The number of hydrogen-bond donors (Lipinski definition) is 0. The molecule has 0 aliphatic heterocycles. The van der Waals surface area contributed by atoms with Crippen LogP contribution in [0.4, 0.5) is 0 Å². The molecular formula is C54H36. The van der Waals surface area contributed by atoms with E-state index >= 15 is 0 Å². The topological polar surface area (TPSA) is 0 Å². The summed E-state index contributed by atoms with van der Waals surface area (Å²) in [4.78, 5) is 0. The molecule has 0 aliphatic carbocycles. The summed E-state index contributed by atoms with van der Waals surface area (Å²) in [5.74, 6) is 0. The van der Waals surface area contributed by atoms with Gasteiger partial charge in [-0.1, -0.05) is 194 Å².